The normalized spacial score (nSPS) is 11.1. The van der Waals surface area contributed by atoms with Crippen LogP contribution in [0.2, 0.25) is 0 Å². The van der Waals surface area contributed by atoms with Gasteiger partial charge < -0.3 is 10.2 Å². The minimum atomic E-state index is -3.50. The second kappa shape index (κ2) is 7.89. The summed E-state index contributed by atoms with van der Waals surface area (Å²) >= 11 is 0. The molecule has 0 saturated carbocycles. The molecule has 128 valence electrons. The molecule has 0 radical (unpaired) electrons. The Morgan fingerprint density at radius 3 is 2.67 bits per heavy atom. The van der Waals surface area contributed by atoms with Gasteiger partial charge in [-0.1, -0.05) is 18.2 Å². The molecule has 2 amide bonds. The summed E-state index contributed by atoms with van der Waals surface area (Å²) < 4.78 is 25.8. The van der Waals surface area contributed by atoms with Gasteiger partial charge in [-0.25, -0.2) is 17.9 Å². The average Bonchev–Trinajstić information content (AvgIpc) is 2.60. The van der Waals surface area contributed by atoms with E-state index in [0.29, 0.717) is 12.1 Å². The summed E-state index contributed by atoms with van der Waals surface area (Å²) in [5.41, 5.74) is 1.49. The third-order valence-corrected chi connectivity index (χ3v) is 4.81. The molecule has 1 aromatic heterocycles. The minimum absolute atomic E-state index is 0.165. The van der Waals surface area contributed by atoms with Gasteiger partial charge in [-0.3, -0.25) is 4.98 Å². The third-order valence-electron chi connectivity index (χ3n) is 3.39. The predicted molar refractivity (Wildman–Crippen MR) is 90.6 cm³/mol. The number of rotatable bonds is 6. The number of nitrogens with one attached hydrogen (secondary N) is 2. The molecule has 0 unspecified atom stereocenters. The molecule has 1 aromatic carbocycles. The van der Waals surface area contributed by atoms with E-state index in [1.54, 1.807) is 25.4 Å². The number of nitrogens with zero attached hydrogens (tertiary/aromatic N) is 2. The van der Waals surface area contributed by atoms with Crippen LogP contribution in [-0.4, -0.2) is 38.4 Å². The first-order valence-electron chi connectivity index (χ1n) is 7.34. The molecular weight excluding hydrogens is 328 g/mol. The second-order valence-corrected chi connectivity index (χ2v) is 7.08. The number of amides is 2. The van der Waals surface area contributed by atoms with Gasteiger partial charge in [0.05, 0.1) is 17.1 Å². The number of carbonyl (C=O) groups excluding carboxylic acids is 1. The van der Waals surface area contributed by atoms with Crippen LogP contribution in [-0.2, 0) is 23.1 Å². The van der Waals surface area contributed by atoms with Crippen molar-refractivity contribution in [2.45, 2.75) is 18.0 Å². The van der Waals surface area contributed by atoms with E-state index in [0.717, 1.165) is 5.69 Å². The third kappa shape index (κ3) is 4.77. The molecule has 7 nitrogen and oxygen atoms in total. The van der Waals surface area contributed by atoms with Crippen LogP contribution in [0.1, 0.15) is 11.3 Å². The van der Waals surface area contributed by atoms with Gasteiger partial charge in [0.2, 0.25) is 10.0 Å². The fraction of sp³-hybridized carbons (Fsp3) is 0.250. The number of urea groups is 1. The Morgan fingerprint density at radius 2 is 2.00 bits per heavy atom. The largest absolute Gasteiger partial charge is 0.334 e. The van der Waals surface area contributed by atoms with E-state index in [4.69, 9.17) is 0 Å². The van der Waals surface area contributed by atoms with Gasteiger partial charge in [0.15, 0.2) is 0 Å². The molecule has 0 spiro atoms. The number of benzene rings is 1. The molecule has 2 rings (SSSR count). The first kappa shape index (κ1) is 17.9. The van der Waals surface area contributed by atoms with Crippen molar-refractivity contribution in [3.8, 4) is 0 Å². The highest BCUT2D eigenvalue weighted by Gasteiger charge is 2.13. The van der Waals surface area contributed by atoms with Gasteiger partial charge in [0.1, 0.15) is 0 Å². The Kier molecular flexibility index (Phi) is 5.88. The molecular formula is C16H20N4O3S. The van der Waals surface area contributed by atoms with Crippen molar-refractivity contribution >= 4 is 16.1 Å². The zero-order chi connectivity index (χ0) is 17.6. The van der Waals surface area contributed by atoms with Gasteiger partial charge in [0, 0.05) is 19.8 Å². The summed E-state index contributed by atoms with van der Waals surface area (Å²) in [5.74, 6) is 0. The summed E-state index contributed by atoms with van der Waals surface area (Å²) in [6.07, 6.45) is 1.68. The molecule has 24 heavy (non-hydrogen) atoms. The zero-order valence-corrected chi connectivity index (χ0v) is 14.4. The molecule has 0 fully saturated rings. The quantitative estimate of drug-likeness (QED) is 0.824. The SMILES string of the molecule is CNS(=O)(=O)c1cccc(CNC(=O)N(C)Cc2ccccn2)c1. The Bertz CT molecular complexity index is 794. The van der Waals surface area contributed by atoms with Crippen LogP contribution >= 0.6 is 0 Å². The zero-order valence-electron chi connectivity index (χ0n) is 13.6. The first-order valence-corrected chi connectivity index (χ1v) is 8.82. The molecule has 0 atom stereocenters. The second-order valence-electron chi connectivity index (χ2n) is 5.19. The van der Waals surface area contributed by atoms with Gasteiger partial charge in [-0.05, 0) is 36.9 Å². The van der Waals surface area contributed by atoms with Crippen LogP contribution in [0.15, 0.2) is 53.6 Å². The number of carbonyl (C=O) groups is 1. The van der Waals surface area contributed by atoms with E-state index in [-0.39, 0.29) is 17.5 Å². The summed E-state index contributed by atoms with van der Waals surface area (Å²) in [6.45, 7) is 0.624. The van der Waals surface area contributed by atoms with E-state index in [1.807, 2.05) is 18.2 Å². The van der Waals surface area contributed by atoms with Crippen molar-refractivity contribution < 1.29 is 13.2 Å². The number of pyridine rings is 1. The van der Waals surface area contributed by atoms with Crippen molar-refractivity contribution in [2.75, 3.05) is 14.1 Å². The van der Waals surface area contributed by atoms with E-state index in [9.17, 15) is 13.2 Å². The molecule has 0 bridgehead atoms. The molecule has 0 aliphatic carbocycles. The number of hydrogen-bond acceptors (Lipinski definition) is 4. The highest BCUT2D eigenvalue weighted by atomic mass is 32.2. The minimum Gasteiger partial charge on any atom is -0.334 e. The summed E-state index contributed by atoms with van der Waals surface area (Å²) in [5, 5.41) is 2.76. The van der Waals surface area contributed by atoms with Crippen LogP contribution in [0.4, 0.5) is 4.79 Å². The number of hydrogen-bond donors (Lipinski definition) is 2. The maximum atomic E-state index is 12.1. The van der Waals surface area contributed by atoms with Crippen molar-refractivity contribution in [1.82, 2.24) is 19.9 Å². The van der Waals surface area contributed by atoms with Gasteiger partial charge in [0.25, 0.3) is 0 Å². The number of sulfonamides is 1. The average molecular weight is 348 g/mol. The van der Waals surface area contributed by atoms with Gasteiger partial charge in [-0.2, -0.15) is 0 Å². The molecule has 0 aliphatic rings. The number of aromatic nitrogens is 1. The van der Waals surface area contributed by atoms with Crippen LogP contribution in [0.25, 0.3) is 0 Å². The van der Waals surface area contributed by atoms with Crippen LogP contribution < -0.4 is 10.0 Å². The maximum Gasteiger partial charge on any atom is 0.317 e. The Hall–Kier alpha value is -2.45. The van der Waals surface area contributed by atoms with E-state index in [2.05, 4.69) is 15.0 Å². The summed E-state index contributed by atoms with van der Waals surface area (Å²) in [7, 11) is -0.468. The molecule has 0 aliphatic heterocycles. The Morgan fingerprint density at radius 1 is 1.21 bits per heavy atom. The van der Waals surface area contributed by atoms with Crippen molar-refractivity contribution in [2.24, 2.45) is 0 Å². The van der Waals surface area contributed by atoms with Gasteiger partial charge in [-0.15, -0.1) is 0 Å². The monoisotopic (exact) mass is 348 g/mol. The summed E-state index contributed by atoms with van der Waals surface area (Å²) in [4.78, 5) is 18.0. The fourth-order valence-corrected chi connectivity index (χ4v) is 2.86. The lowest BCUT2D eigenvalue weighted by Crippen LogP contribution is -2.36. The van der Waals surface area contributed by atoms with E-state index >= 15 is 0 Å². The van der Waals surface area contributed by atoms with E-state index in [1.165, 1.54) is 24.1 Å². The van der Waals surface area contributed by atoms with Crippen molar-refractivity contribution in [3.05, 3.63) is 59.9 Å². The van der Waals surface area contributed by atoms with Crippen LogP contribution in [0.5, 0.6) is 0 Å². The standard InChI is InChI=1S/C16H20N4O3S/c1-17-24(22,23)15-8-5-6-13(10-15)11-19-16(21)20(2)12-14-7-3-4-9-18-14/h3-10,17H,11-12H2,1-2H3,(H,19,21). The van der Waals surface area contributed by atoms with Crippen molar-refractivity contribution in [3.63, 3.8) is 0 Å². The topological polar surface area (TPSA) is 91.4 Å². The first-order chi connectivity index (χ1) is 11.4. The lowest BCUT2D eigenvalue weighted by molar-refractivity contribution is 0.206. The van der Waals surface area contributed by atoms with Crippen molar-refractivity contribution in [1.29, 1.82) is 0 Å². The molecule has 2 N–H and O–H groups in total. The Labute approximate surface area is 141 Å². The highest BCUT2D eigenvalue weighted by molar-refractivity contribution is 7.89. The fourth-order valence-electron chi connectivity index (χ4n) is 2.06. The lowest BCUT2D eigenvalue weighted by Gasteiger charge is -2.17. The Balaban J connectivity index is 1.95. The van der Waals surface area contributed by atoms with E-state index < -0.39 is 10.0 Å². The van der Waals surface area contributed by atoms with Gasteiger partial charge >= 0.3 is 6.03 Å². The lowest BCUT2D eigenvalue weighted by atomic mass is 10.2. The molecule has 8 heteroatoms. The summed E-state index contributed by atoms with van der Waals surface area (Å²) in [6, 6.07) is 11.7. The van der Waals surface area contributed by atoms with Crippen LogP contribution in [0, 0.1) is 0 Å². The molecule has 1 heterocycles. The predicted octanol–water partition coefficient (Wildman–Crippen LogP) is 1.33. The molecule has 2 aromatic rings. The smallest absolute Gasteiger partial charge is 0.317 e. The maximum absolute atomic E-state index is 12.1. The van der Waals surface area contributed by atoms with Crippen LogP contribution in [0.3, 0.4) is 0 Å². The molecule has 0 saturated heterocycles. The highest BCUT2D eigenvalue weighted by Crippen LogP contribution is 2.11.